The average Bonchev–Trinajstić information content (AvgIpc) is 2.16. The minimum absolute atomic E-state index is 0.186. The summed E-state index contributed by atoms with van der Waals surface area (Å²) < 4.78 is 0.888. The smallest absolute Gasteiger partial charge is 0.157 e. The van der Waals surface area contributed by atoms with Crippen LogP contribution in [-0.2, 0) is 0 Å². The van der Waals surface area contributed by atoms with Crippen molar-refractivity contribution < 1.29 is 5.11 Å². The second kappa shape index (κ2) is 4.80. The third-order valence-electron chi connectivity index (χ3n) is 1.35. The van der Waals surface area contributed by atoms with Crippen molar-refractivity contribution in [3.05, 3.63) is 22.8 Å². The number of aliphatic hydroxyl groups is 1. The van der Waals surface area contributed by atoms with Crippen LogP contribution in [0.4, 0.5) is 5.82 Å². The van der Waals surface area contributed by atoms with Gasteiger partial charge in [-0.15, -0.1) is 0 Å². The van der Waals surface area contributed by atoms with Crippen LogP contribution in [-0.4, -0.2) is 22.7 Å². The molecule has 4 nitrogen and oxygen atoms in total. The maximum absolute atomic E-state index is 8.91. The number of hydrogen-bond acceptors (Lipinski definition) is 4. The van der Waals surface area contributed by atoms with Gasteiger partial charge in [-0.05, 0) is 28.1 Å². The first-order valence-electron chi connectivity index (χ1n) is 3.65. The summed E-state index contributed by atoms with van der Waals surface area (Å²) in [5.41, 5.74) is 0. The molecule has 0 saturated carbocycles. The molecule has 0 aliphatic rings. The fourth-order valence-electron chi connectivity index (χ4n) is 0.727. The van der Waals surface area contributed by atoms with Crippen LogP contribution < -0.4 is 5.32 Å². The van der Waals surface area contributed by atoms with Crippen molar-refractivity contribution >= 4 is 21.7 Å². The van der Waals surface area contributed by atoms with Crippen molar-refractivity contribution in [2.45, 2.75) is 6.10 Å². The monoisotopic (exact) mass is 241 g/mol. The maximum atomic E-state index is 8.91. The number of nitriles is 1. The first-order valence-corrected chi connectivity index (χ1v) is 4.45. The van der Waals surface area contributed by atoms with Crippen LogP contribution in [0.2, 0.25) is 0 Å². The number of pyridine rings is 1. The van der Waals surface area contributed by atoms with Crippen LogP contribution in [0.1, 0.15) is 0 Å². The van der Waals surface area contributed by atoms with E-state index < -0.39 is 6.10 Å². The summed E-state index contributed by atoms with van der Waals surface area (Å²) >= 11 is 3.25. The molecule has 1 heterocycles. The van der Waals surface area contributed by atoms with E-state index in [2.05, 4.69) is 26.2 Å². The highest BCUT2D eigenvalue weighted by Gasteiger charge is 2.00. The van der Waals surface area contributed by atoms with Gasteiger partial charge < -0.3 is 10.4 Å². The largest absolute Gasteiger partial charge is 0.376 e. The molecule has 0 saturated heterocycles. The minimum Gasteiger partial charge on any atom is -0.376 e. The predicted molar refractivity (Wildman–Crippen MR) is 52.0 cm³/mol. The third kappa shape index (κ3) is 3.40. The molecule has 0 fully saturated rings. The van der Waals surface area contributed by atoms with Crippen LogP contribution in [0, 0.1) is 11.3 Å². The van der Waals surface area contributed by atoms with E-state index in [1.807, 2.05) is 6.07 Å². The van der Waals surface area contributed by atoms with E-state index in [4.69, 9.17) is 10.4 Å². The molecule has 1 atom stereocenters. The van der Waals surface area contributed by atoms with Crippen molar-refractivity contribution in [3.8, 4) is 6.07 Å². The second-order valence-corrected chi connectivity index (χ2v) is 3.30. The van der Waals surface area contributed by atoms with E-state index in [-0.39, 0.29) is 6.54 Å². The molecule has 1 rings (SSSR count). The van der Waals surface area contributed by atoms with Crippen molar-refractivity contribution in [2.75, 3.05) is 11.9 Å². The molecule has 1 aromatic heterocycles. The first-order chi connectivity index (χ1) is 6.22. The zero-order valence-electron chi connectivity index (χ0n) is 6.74. The van der Waals surface area contributed by atoms with Gasteiger partial charge >= 0.3 is 0 Å². The first kappa shape index (κ1) is 9.96. The molecular formula is C8H8BrN3O. The molecule has 5 heteroatoms. The predicted octanol–water partition coefficient (Wildman–Crippen LogP) is 1.14. The van der Waals surface area contributed by atoms with Gasteiger partial charge in [0, 0.05) is 10.7 Å². The Bertz CT molecular complexity index is 306. The lowest BCUT2D eigenvalue weighted by Crippen LogP contribution is -2.17. The molecule has 0 bridgehead atoms. The number of hydrogen-bond donors (Lipinski definition) is 2. The highest BCUT2D eigenvalue weighted by Crippen LogP contribution is 2.10. The Hall–Kier alpha value is -1.12. The van der Waals surface area contributed by atoms with Crippen molar-refractivity contribution in [1.82, 2.24) is 4.98 Å². The summed E-state index contributed by atoms with van der Waals surface area (Å²) in [5.74, 6) is 0.637. The summed E-state index contributed by atoms with van der Waals surface area (Å²) in [5, 5.41) is 20.0. The normalized spacial score (nSPS) is 11.8. The average molecular weight is 242 g/mol. The summed E-state index contributed by atoms with van der Waals surface area (Å²) in [6.45, 7) is 0.186. The molecule has 1 aromatic rings. The quantitative estimate of drug-likeness (QED) is 0.780. The molecule has 1 unspecified atom stereocenters. The Morgan fingerprint density at radius 1 is 1.69 bits per heavy atom. The van der Waals surface area contributed by atoms with Gasteiger partial charge in [-0.1, -0.05) is 0 Å². The SMILES string of the molecule is N#CC(O)CNc1ccc(Br)cn1. The lowest BCUT2D eigenvalue weighted by Gasteiger charge is -2.05. The van der Waals surface area contributed by atoms with Gasteiger partial charge in [0.05, 0.1) is 12.6 Å². The summed E-state index contributed by atoms with van der Waals surface area (Å²) in [4.78, 5) is 4.01. The Kier molecular flexibility index (Phi) is 3.68. The lowest BCUT2D eigenvalue weighted by molar-refractivity contribution is 0.243. The molecule has 13 heavy (non-hydrogen) atoms. The van der Waals surface area contributed by atoms with Gasteiger partial charge in [-0.25, -0.2) is 4.98 Å². The van der Waals surface area contributed by atoms with E-state index in [0.717, 1.165) is 4.47 Å². The Labute approximate surface area is 84.4 Å². The number of rotatable bonds is 3. The van der Waals surface area contributed by atoms with Crippen molar-refractivity contribution in [2.24, 2.45) is 0 Å². The molecule has 68 valence electrons. The van der Waals surface area contributed by atoms with E-state index in [9.17, 15) is 0 Å². The second-order valence-electron chi connectivity index (χ2n) is 2.39. The van der Waals surface area contributed by atoms with Gasteiger partial charge in [0.1, 0.15) is 5.82 Å². The Morgan fingerprint density at radius 3 is 3.00 bits per heavy atom. The zero-order chi connectivity index (χ0) is 9.68. The molecular weight excluding hydrogens is 234 g/mol. The molecule has 0 radical (unpaired) electrons. The molecule has 0 spiro atoms. The number of halogens is 1. The van der Waals surface area contributed by atoms with Gasteiger partial charge in [0.25, 0.3) is 0 Å². The van der Waals surface area contributed by atoms with Crippen LogP contribution in [0.25, 0.3) is 0 Å². The fourth-order valence-corrected chi connectivity index (χ4v) is 0.962. The highest BCUT2D eigenvalue weighted by atomic mass is 79.9. The van der Waals surface area contributed by atoms with E-state index >= 15 is 0 Å². The molecule has 2 N–H and O–H groups in total. The Balaban J connectivity index is 2.47. The highest BCUT2D eigenvalue weighted by molar-refractivity contribution is 9.10. The van der Waals surface area contributed by atoms with E-state index in [1.54, 1.807) is 18.3 Å². The van der Waals surface area contributed by atoms with Crippen molar-refractivity contribution in [3.63, 3.8) is 0 Å². The molecule has 0 aromatic carbocycles. The topological polar surface area (TPSA) is 68.9 Å². The van der Waals surface area contributed by atoms with Crippen molar-refractivity contribution in [1.29, 1.82) is 5.26 Å². The number of nitrogens with zero attached hydrogens (tertiary/aromatic N) is 2. The van der Waals surface area contributed by atoms with Gasteiger partial charge in [-0.3, -0.25) is 0 Å². The number of aromatic nitrogens is 1. The molecule has 0 aliphatic heterocycles. The zero-order valence-corrected chi connectivity index (χ0v) is 8.32. The molecule has 0 aliphatic carbocycles. The number of anilines is 1. The minimum atomic E-state index is -0.995. The Morgan fingerprint density at radius 2 is 2.46 bits per heavy atom. The maximum Gasteiger partial charge on any atom is 0.157 e. The standard InChI is InChI=1S/C8H8BrN3O/c9-6-1-2-8(11-4-6)12-5-7(13)3-10/h1-2,4,7,13H,5H2,(H,11,12). The third-order valence-corrected chi connectivity index (χ3v) is 1.82. The van der Waals surface area contributed by atoms with Gasteiger partial charge in [0.15, 0.2) is 6.10 Å². The van der Waals surface area contributed by atoms with Gasteiger partial charge in [0.2, 0.25) is 0 Å². The van der Waals surface area contributed by atoms with Crippen LogP contribution in [0.15, 0.2) is 22.8 Å². The summed E-state index contributed by atoms with van der Waals surface area (Å²) in [7, 11) is 0. The van der Waals surface area contributed by atoms with Crippen LogP contribution in [0.3, 0.4) is 0 Å². The fraction of sp³-hybridized carbons (Fsp3) is 0.250. The van der Waals surface area contributed by atoms with E-state index in [0.29, 0.717) is 5.82 Å². The van der Waals surface area contributed by atoms with Crippen LogP contribution >= 0.6 is 15.9 Å². The summed E-state index contributed by atoms with van der Waals surface area (Å²) in [6, 6.07) is 5.29. The van der Waals surface area contributed by atoms with Crippen LogP contribution in [0.5, 0.6) is 0 Å². The van der Waals surface area contributed by atoms with Gasteiger partial charge in [-0.2, -0.15) is 5.26 Å². The van der Waals surface area contributed by atoms with E-state index in [1.165, 1.54) is 0 Å². The lowest BCUT2D eigenvalue weighted by atomic mass is 10.4. The number of nitrogens with one attached hydrogen (secondary N) is 1. The molecule has 0 amide bonds. The summed E-state index contributed by atoms with van der Waals surface area (Å²) in [6.07, 6.45) is 0.645. The number of aliphatic hydroxyl groups excluding tert-OH is 1.